The molecule has 2 nitrogen and oxygen atoms in total. The maximum atomic E-state index is 13.0. The van der Waals surface area contributed by atoms with Crippen LogP contribution in [0.5, 0.6) is 0 Å². The molecule has 0 N–H and O–H groups in total. The first-order chi connectivity index (χ1) is 6.18. The van der Waals surface area contributed by atoms with E-state index in [9.17, 15) is 9.18 Å². The first kappa shape index (κ1) is 7.86. The Labute approximate surface area is 73.7 Å². The van der Waals surface area contributed by atoms with E-state index in [0.717, 1.165) is 5.56 Å². The Balaban J connectivity index is 2.92. The zero-order valence-electron chi connectivity index (χ0n) is 6.75. The first-order valence-electron chi connectivity index (χ1n) is 3.77. The number of halogens is 1. The van der Waals surface area contributed by atoms with Crippen LogP contribution in [0.25, 0.3) is 12.7 Å². The molecule has 13 heavy (non-hydrogen) atoms. The van der Waals surface area contributed by atoms with Gasteiger partial charge in [0.05, 0.1) is 5.36 Å². The molecule has 0 unspecified atom stereocenters. The van der Waals surface area contributed by atoms with Crippen LogP contribution in [-0.2, 0) is 4.79 Å². The van der Waals surface area contributed by atoms with E-state index in [4.69, 9.17) is 0 Å². The lowest BCUT2D eigenvalue weighted by Crippen LogP contribution is -2.31. The molecule has 0 saturated heterocycles. The van der Waals surface area contributed by atoms with Gasteiger partial charge in [-0.25, -0.2) is 9.38 Å². The van der Waals surface area contributed by atoms with Crippen LogP contribution in [0.3, 0.4) is 0 Å². The van der Waals surface area contributed by atoms with Gasteiger partial charge in [0.25, 0.3) is 5.91 Å². The first-order valence-corrected chi connectivity index (χ1v) is 3.77. The molecular formula is C10H6FNO. The molecule has 3 heteroatoms. The molecule has 1 aromatic rings. The molecule has 1 amide bonds. The fourth-order valence-corrected chi connectivity index (χ4v) is 1.20. The van der Waals surface area contributed by atoms with E-state index in [1.54, 1.807) is 12.1 Å². The van der Waals surface area contributed by atoms with E-state index in [0.29, 0.717) is 5.36 Å². The second-order valence-electron chi connectivity index (χ2n) is 2.75. The lowest BCUT2D eigenvalue weighted by atomic mass is 10.1. The summed E-state index contributed by atoms with van der Waals surface area (Å²) < 4.78 is 13.0. The van der Waals surface area contributed by atoms with E-state index in [2.05, 4.69) is 11.6 Å². The molecule has 0 aromatic heterocycles. The van der Waals surface area contributed by atoms with Gasteiger partial charge in [-0.2, -0.15) is 0 Å². The third-order valence-electron chi connectivity index (χ3n) is 1.88. The van der Waals surface area contributed by atoms with Gasteiger partial charge in [-0.05, 0) is 18.2 Å². The third kappa shape index (κ3) is 1.18. The van der Waals surface area contributed by atoms with Crippen LogP contribution in [0.2, 0.25) is 0 Å². The summed E-state index contributed by atoms with van der Waals surface area (Å²) in [6, 6.07) is 2.89. The molecule has 1 aromatic carbocycles. The minimum absolute atomic E-state index is 0.176. The van der Waals surface area contributed by atoms with Gasteiger partial charge in [-0.15, -0.1) is 0 Å². The van der Waals surface area contributed by atoms with Crippen molar-refractivity contribution in [3.63, 3.8) is 0 Å². The highest BCUT2D eigenvalue weighted by molar-refractivity contribution is 5.94. The van der Waals surface area contributed by atoms with Gasteiger partial charge < -0.3 is 0 Å². The lowest BCUT2D eigenvalue weighted by molar-refractivity contribution is -0.113. The second kappa shape index (κ2) is 2.62. The van der Waals surface area contributed by atoms with Crippen molar-refractivity contribution < 1.29 is 9.18 Å². The summed E-state index contributed by atoms with van der Waals surface area (Å²) >= 11 is 0. The number of hydrogen-bond acceptors (Lipinski definition) is 1. The zero-order chi connectivity index (χ0) is 9.42. The Kier molecular flexibility index (Phi) is 1.59. The fourth-order valence-electron chi connectivity index (χ4n) is 1.20. The molecule has 1 aliphatic rings. The summed E-state index contributed by atoms with van der Waals surface area (Å²) in [5, 5.41) is 0.516. The topological polar surface area (TPSA) is 29.4 Å². The molecule has 0 fully saturated rings. The van der Waals surface area contributed by atoms with Crippen LogP contribution in [0.1, 0.15) is 5.56 Å². The Morgan fingerprint density at radius 3 is 2.85 bits per heavy atom. The number of rotatable bonds is 0. The van der Waals surface area contributed by atoms with E-state index >= 15 is 0 Å². The number of hydrogen-bond donors (Lipinski definition) is 0. The van der Waals surface area contributed by atoms with Gasteiger partial charge in [0.1, 0.15) is 5.82 Å². The van der Waals surface area contributed by atoms with Gasteiger partial charge >= 0.3 is 0 Å². The zero-order valence-corrected chi connectivity index (χ0v) is 6.75. The summed E-state index contributed by atoms with van der Waals surface area (Å²) in [7, 11) is 0. The average Bonchev–Trinajstić information content (AvgIpc) is 2.12. The molecule has 0 radical (unpaired) electrons. The summed E-state index contributed by atoms with van der Waals surface area (Å²) in [4.78, 5) is 14.6. The van der Waals surface area contributed by atoms with Crippen molar-refractivity contribution in [1.29, 1.82) is 0 Å². The Hall–Kier alpha value is -1.77. The summed E-state index contributed by atoms with van der Waals surface area (Å²) in [6.45, 7) is 3.51. The van der Waals surface area contributed by atoms with Crippen molar-refractivity contribution in [2.75, 3.05) is 0 Å². The number of benzene rings is 1. The molecule has 0 aliphatic carbocycles. The summed E-state index contributed by atoms with van der Waals surface area (Å²) in [5.41, 5.74) is 0.728. The van der Waals surface area contributed by atoms with Gasteiger partial charge in [0, 0.05) is 16.9 Å². The van der Waals surface area contributed by atoms with Crippen LogP contribution in [0.4, 0.5) is 4.39 Å². The van der Waals surface area contributed by atoms with Crippen molar-refractivity contribution in [2.45, 2.75) is 0 Å². The lowest BCUT2D eigenvalue weighted by Gasteiger charge is -2.00. The predicted octanol–water partition coefficient (Wildman–Crippen LogP) is 0.409. The van der Waals surface area contributed by atoms with Crippen molar-refractivity contribution in [3.8, 4) is 0 Å². The minimum Gasteiger partial charge on any atom is -0.267 e. The average molecular weight is 175 g/mol. The monoisotopic (exact) mass is 175 g/mol. The molecule has 1 heterocycles. The highest BCUT2D eigenvalue weighted by atomic mass is 19.1. The summed E-state index contributed by atoms with van der Waals surface area (Å²) in [5.74, 6) is -0.811. The Morgan fingerprint density at radius 2 is 2.08 bits per heavy atom. The summed E-state index contributed by atoms with van der Waals surface area (Å²) in [6.07, 6.45) is 2.96. The van der Waals surface area contributed by atoms with E-state index < -0.39 is 5.82 Å². The van der Waals surface area contributed by atoms with Crippen LogP contribution in [0, 0.1) is 5.82 Å². The van der Waals surface area contributed by atoms with Crippen molar-refractivity contribution in [3.05, 3.63) is 40.2 Å². The molecule has 64 valence electrons. The molecule has 0 saturated carbocycles. The van der Waals surface area contributed by atoms with E-state index in [1.165, 1.54) is 12.1 Å². The molecule has 1 aliphatic heterocycles. The number of amides is 1. The smallest absolute Gasteiger partial charge is 0.267 e. The third-order valence-corrected chi connectivity index (χ3v) is 1.88. The number of carbonyl (C=O) groups excluding carboxylic acids is 1. The normalized spacial score (nSPS) is 13.8. The molecule has 0 atom stereocenters. The number of carbonyl (C=O) groups is 1. The second-order valence-corrected chi connectivity index (χ2v) is 2.75. The quantitative estimate of drug-likeness (QED) is 0.561. The SMILES string of the molecule is C=c1c(F)ccc2c1=NC(=O)C=C2. The van der Waals surface area contributed by atoms with Crippen molar-refractivity contribution >= 4 is 18.6 Å². The van der Waals surface area contributed by atoms with Crippen LogP contribution < -0.4 is 10.6 Å². The van der Waals surface area contributed by atoms with Crippen molar-refractivity contribution in [2.24, 2.45) is 4.99 Å². The van der Waals surface area contributed by atoms with Crippen LogP contribution >= 0.6 is 0 Å². The van der Waals surface area contributed by atoms with Gasteiger partial charge in [-0.3, -0.25) is 4.79 Å². The highest BCUT2D eigenvalue weighted by Gasteiger charge is 2.05. The number of fused-ring (bicyclic) bond motifs is 1. The van der Waals surface area contributed by atoms with Crippen molar-refractivity contribution in [1.82, 2.24) is 0 Å². The van der Waals surface area contributed by atoms with Gasteiger partial charge in [0.15, 0.2) is 0 Å². The minimum atomic E-state index is -0.439. The molecule has 2 rings (SSSR count). The predicted molar refractivity (Wildman–Crippen MR) is 46.7 cm³/mol. The molecular weight excluding hydrogens is 169 g/mol. The number of nitrogens with zero attached hydrogens (tertiary/aromatic N) is 1. The van der Waals surface area contributed by atoms with E-state index in [-0.39, 0.29) is 11.1 Å². The molecule has 0 spiro atoms. The van der Waals surface area contributed by atoms with E-state index in [1.807, 2.05) is 0 Å². The van der Waals surface area contributed by atoms with Gasteiger partial charge in [-0.1, -0.05) is 6.58 Å². The highest BCUT2D eigenvalue weighted by Crippen LogP contribution is 1.99. The van der Waals surface area contributed by atoms with Crippen LogP contribution in [-0.4, -0.2) is 5.91 Å². The Bertz CT molecular complexity index is 516. The maximum Gasteiger partial charge on any atom is 0.270 e. The molecule has 0 bridgehead atoms. The largest absolute Gasteiger partial charge is 0.270 e. The fraction of sp³-hybridized carbons (Fsp3) is 0. The standard InChI is InChI=1S/C10H6FNO/c1-6-8(11)4-2-7-3-5-9(13)12-10(6)7/h2-5H,1H2. The van der Waals surface area contributed by atoms with Gasteiger partial charge in [0.2, 0.25) is 0 Å². The van der Waals surface area contributed by atoms with Crippen LogP contribution in [0.15, 0.2) is 23.2 Å². The maximum absolute atomic E-state index is 13.0. The Morgan fingerprint density at radius 1 is 1.31 bits per heavy atom.